The Bertz CT molecular complexity index is 1860. The number of anilines is 2. The average Bonchev–Trinajstić information content (AvgIpc) is 3.55. The summed E-state index contributed by atoms with van der Waals surface area (Å²) < 4.78 is 15.2. The van der Waals surface area contributed by atoms with Crippen molar-refractivity contribution in [2.45, 2.75) is 83.1 Å². The van der Waals surface area contributed by atoms with Gasteiger partial charge in [0.2, 0.25) is 11.8 Å². The number of carbonyl (C=O) groups excluding carboxylic acids is 2. The number of imidazole rings is 1. The van der Waals surface area contributed by atoms with Crippen LogP contribution in [0.4, 0.5) is 11.4 Å². The van der Waals surface area contributed by atoms with E-state index < -0.39 is 6.29 Å². The normalized spacial score (nSPS) is 17.4. The predicted octanol–water partition coefficient (Wildman–Crippen LogP) is 6.95. The van der Waals surface area contributed by atoms with Gasteiger partial charge in [0.1, 0.15) is 0 Å². The molecule has 3 atom stereocenters. The highest BCUT2D eigenvalue weighted by Gasteiger charge is 2.32. The number of hydrogen-bond acceptors (Lipinski definition) is 7. The standard InChI is InChI=1S/C40H45N5O5/c41-33-9-5-6-10-34(33)44-39(48)14-4-2-1-3-13-38(47)42-24-28-15-21-31(22-16-28)40-49-32(25-45-27-43-35-11-7-8-12-36(35)45)23-37(50-40)30-19-17-29(26-46)18-20-30/h5-12,15-22,27,32,37,40,46H,1-4,13-14,23-26,41H2,(H,42,47)(H,44,48)/t32-,37+,40+/m0/s1. The molecule has 1 aromatic heterocycles. The Morgan fingerprint density at radius 2 is 1.48 bits per heavy atom. The van der Waals surface area contributed by atoms with Crippen LogP contribution in [0.1, 0.15) is 79.6 Å². The van der Waals surface area contributed by atoms with Crippen LogP contribution >= 0.6 is 0 Å². The van der Waals surface area contributed by atoms with Gasteiger partial charge in [-0.25, -0.2) is 4.98 Å². The largest absolute Gasteiger partial charge is 0.397 e. The van der Waals surface area contributed by atoms with Gasteiger partial charge in [0.25, 0.3) is 0 Å². The van der Waals surface area contributed by atoms with Crippen molar-refractivity contribution in [2.24, 2.45) is 0 Å². The van der Waals surface area contributed by atoms with Gasteiger partial charge in [0.05, 0.1) is 54.1 Å². The molecule has 0 unspecified atom stereocenters. The van der Waals surface area contributed by atoms with Crippen molar-refractivity contribution in [1.29, 1.82) is 0 Å². The minimum Gasteiger partial charge on any atom is -0.397 e. The molecule has 0 saturated carbocycles. The summed E-state index contributed by atoms with van der Waals surface area (Å²) in [5.74, 6) is -0.0418. The van der Waals surface area contributed by atoms with Gasteiger partial charge in [0, 0.05) is 31.4 Å². The van der Waals surface area contributed by atoms with E-state index in [1.54, 1.807) is 12.1 Å². The summed E-state index contributed by atoms with van der Waals surface area (Å²) in [6.45, 7) is 1.06. The molecule has 2 amide bonds. The van der Waals surface area contributed by atoms with E-state index >= 15 is 0 Å². The fourth-order valence-electron chi connectivity index (χ4n) is 6.24. The van der Waals surface area contributed by atoms with E-state index in [1.807, 2.05) is 85.2 Å². The number of fused-ring (bicyclic) bond motifs is 1. The number of nitrogens with zero attached hydrogens (tertiary/aromatic N) is 2. The summed E-state index contributed by atoms with van der Waals surface area (Å²) in [6, 6.07) is 31.1. The fraction of sp³-hybridized carbons (Fsp3) is 0.325. The molecule has 4 aromatic carbocycles. The molecule has 2 heterocycles. The summed E-state index contributed by atoms with van der Waals surface area (Å²) in [5.41, 5.74) is 12.9. The number of aromatic nitrogens is 2. The predicted molar refractivity (Wildman–Crippen MR) is 194 cm³/mol. The molecule has 0 radical (unpaired) electrons. The van der Waals surface area contributed by atoms with Crippen molar-refractivity contribution >= 4 is 34.2 Å². The zero-order valence-corrected chi connectivity index (χ0v) is 28.2. The highest BCUT2D eigenvalue weighted by molar-refractivity contribution is 5.93. The molecule has 1 aliphatic heterocycles. The molecular weight excluding hydrogens is 630 g/mol. The Balaban J connectivity index is 0.973. The van der Waals surface area contributed by atoms with E-state index in [2.05, 4.69) is 26.3 Å². The maximum atomic E-state index is 12.5. The molecule has 5 aromatic rings. The summed E-state index contributed by atoms with van der Waals surface area (Å²) >= 11 is 0. The number of carbonyl (C=O) groups is 2. The Hall–Kier alpha value is -5.03. The molecule has 1 aliphatic rings. The first kappa shape index (κ1) is 34.8. The Labute approximate surface area is 292 Å². The van der Waals surface area contributed by atoms with E-state index in [-0.39, 0.29) is 30.6 Å². The third-order valence-corrected chi connectivity index (χ3v) is 9.08. The summed E-state index contributed by atoms with van der Waals surface area (Å²) in [5, 5.41) is 15.4. The van der Waals surface area contributed by atoms with E-state index in [4.69, 9.17) is 15.2 Å². The number of rotatable bonds is 15. The third kappa shape index (κ3) is 9.35. The number of hydrogen-bond donors (Lipinski definition) is 4. The molecule has 0 spiro atoms. The molecule has 260 valence electrons. The number of amides is 2. The van der Waals surface area contributed by atoms with E-state index in [1.165, 1.54) is 0 Å². The second-order valence-electron chi connectivity index (χ2n) is 12.8. The van der Waals surface area contributed by atoms with Crippen LogP contribution in [0.5, 0.6) is 0 Å². The highest BCUT2D eigenvalue weighted by atomic mass is 16.7. The highest BCUT2D eigenvalue weighted by Crippen LogP contribution is 2.38. The van der Waals surface area contributed by atoms with Crippen molar-refractivity contribution in [2.75, 3.05) is 11.1 Å². The van der Waals surface area contributed by atoms with Gasteiger partial charge < -0.3 is 35.5 Å². The van der Waals surface area contributed by atoms with Gasteiger partial charge in [-0.2, -0.15) is 0 Å². The Kier molecular flexibility index (Phi) is 11.9. The van der Waals surface area contributed by atoms with Crippen LogP contribution in [-0.4, -0.2) is 32.6 Å². The lowest BCUT2D eigenvalue weighted by Crippen LogP contribution is -2.32. The summed E-state index contributed by atoms with van der Waals surface area (Å²) in [7, 11) is 0. The number of para-hydroxylation sites is 4. The SMILES string of the molecule is Nc1ccccc1NC(=O)CCCCCCC(=O)NCc1ccc([C@@H]2O[C@H](Cn3cnc4ccccc43)C[C@H](c3ccc(CO)cc3)O2)cc1. The molecule has 6 rings (SSSR count). The quantitative estimate of drug-likeness (QED) is 0.0695. The lowest BCUT2D eigenvalue weighted by molar-refractivity contribution is -0.252. The maximum absolute atomic E-state index is 12.5. The van der Waals surface area contributed by atoms with E-state index in [0.29, 0.717) is 43.7 Å². The van der Waals surface area contributed by atoms with Crippen molar-refractivity contribution in [1.82, 2.24) is 14.9 Å². The summed E-state index contributed by atoms with van der Waals surface area (Å²) in [6.07, 6.45) is 5.82. The zero-order valence-electron chi connectivity index (χ0n) is 28.2. The van der Waals surface area contributed by atoms with Crippen LogP contribution in [0.25, 0.3) is 11.0 Å². The van der Waals surface area contributed by atoms with E-state index in [9.17, 15) is 14.7 Å². The van der Waals surface area contributed by atoms with E-state index in [0.717, 1.165) is 59.0 Å². The fourth-order valence-corrected chi connectivity index (χ4v) is 6.24. The molecule has 1 saturated heterocycles. The van der Waals surface area contributed by atoms with Gasteiger partial charge in [-0.05, 0) is 53.8 Å². The topological polar surface area (TPSA) is 141 Å². The Morgan fingerprint density at radius 1 is 0.800 bits per heavy atom. The molecular formula is C40H45N5O5. The van der Waals surface area contributed by atoms with Crippen molar-refractivity contribution in [3.05, 3.63) is 126 Å². The van der Waals surface area contributed by atoms with Gasteiger partial charge in [0.15, 0.2) is 6.29 Å². The average molecular weight is 676 g/mol. The Morgan fingerprint density at radius 3 is 2.24 bits per heavy atom. The minimum atomic E-state index is -0.572. The van der Waals surface area contributed by atoms with Crippen LogP contribution < -0.4 is 16.4 Å². The first-order valence-corrected chi connectivity index (χ1v) is 17.4. The molecule has 50 heavy (non-hydrogen) atoms. The van der Waals surface area contributed by atoms with Gasteiger partial charge in [-0.3, -0.25) is 9.59 Å². The van der Waals surface area contributed by atoms with Gasteiger partial charge in [-0.1, -0.05) is 85.6 Å². The maximum Gasteiger partial charge on any atom is 0.224 e. The second kappa shape index (κ2) is 17.1. The van der Waals surface area contributed by atoms with Crippen LogP contribution in [0, 0.1) is 0 Å². The molecule has 5 N–H and O–H groups in total. The second-order valence-corrected chi connectivity index (χ2v) is 12.8. The van der Waals surface area contributed by atoms with Crippen LogP contribution in [0.15, 0.2) is 103 Å². The number of ether oxygens (including phenoxy) is 2. The molecule has 1 fully saturated rings. The van der Waals surface area contributed by atoms with Crippen molar-refractivity contribution < 1.29 is 24.2 Å². The zero-order chi connectivity index (χ0) is 34.7. The number of nitrogens with one attached hydrogen (secondary N) is 2. The van der Waals surface area contributed by atoms with Crippen LogP contribution in [0.2, 0.25) is 0 Å². The first-order valence-electron chi connectivity index (χ1n) is 17.4. The van der Waals surface area contributed by atoms with Crippen molar-refractivity contribution in [3.8, 4) is 0 Å². The number of aliphatic hydroxyl groups excluding tert-OH is 1. The number of aliphatic hydroxyl groups is 1. The van der Waals surface area contributed by atoms with Gasteiger partial charge >= 0.3 is 0 Å². The molecule has 0 bridgehead atoms. The molecule has 10 heteroatoms. The van der Waals surface area contributed by atoms with Crippen LogP contribution in [-0.2, 0) is 38.8 Å². The monoisotopic (exact) mass is 675 g/mol. The lowest BCUT2D eigenvalue weighted by Gasteiger charge is -2.36. The smallest absolute Gasteiger partial charge is 0.224 e. The van der Waals surface area contributed by atoms with Crippen molar-refractivity contribution in [3.63, 3.8) is 0 Å². The number of unbranched alkanes of at least 4 members (excludes halogenated alkanes) is 3. The number of nitrogen functional groups attached to an aromatic ring is 1. The first-order chi connectivity index (χ1) is 24.4. The molecule has 0 aliphatic carbocycles. The lowest BCUT2D eigenvalue weighted by atomic mass is 9.99. The number of benzene rings is 4. The summed E-state index contributed by atoms with van der Waals surface area (Å²) in [4.78, 5) is 29.3. The van der Waals surface area contributed by atoms with Crippen LogP contribution in [0.3, 0.4) is 0 Å². The minimum absolute atomic E-state index is 0.00530. The third-order valence-electron chi connectivity index (χ3n) is 9.08. The van der Waals surface area contributed by atoms with Gasteiger partial charge in [-0.15, -0.1) is 0 Å². The molecule has 10 nitrogen and oxygen atoms in total. The number of nitrogens with two attached hydrogens (primary N) is 1.